The quantitative estimate of drug-likeness (QED) is 0.782. The maximum Gasteiger partial charge on any atom is 0.257 e. The maximum absolute atomic E-state index is 12.3. The zero-order valence-corrected chi connectivity index (χ0v) is 13.6. The summed E-state index contributed by atoms with van der Waals surface area (Å²) in [4.78, 5) is 22.9. The minimum absolute atomic E-state index is 0.0210. The third-order valence-electron chi connectivity index (χ3n) is 4.26. The highest BCUT2D eigenvalue weighted by Crippen LogP contribution is 2.17. The summed E-state index contributed by atoms with van der Waals surface area (Å²) in [5.74, 6) is 1.41. The average Bonchev–Trinajstić information content (AvgIpc) is 3.36. The lowest BCUT2D eigenvalue weighted by atomic mass is 10.0. The number of furan rings is 1. The average molecular weight is 338 g/mol. The number of anilines is 1. The van der Waals surface area contributed by atoms with Crippen LogP contribution in [0.3, 0.4) is 0 Å². The van der Waals surface area contributed by atoms with Crippen LogP contribution >= 0.6 is 0 Å². The number of hydrogen-bond acceptors (Lipinski definition) is 6. The SMILES string of the molecule is O=C(c1ccoc1)N1CCC(Nc2cncc(-n3cccn3)n2)CC1. The van der Waals surface area contributed by atoms with Crippen LogP contribution in [0.1, 0.15) is 23.2 Å². The Bertz CT molecular complexity index is 823. The van der Waals surface area contributed by atoms with Crippen molar-refractivity contribution in [2.45, 2.75) is 18.9 Å². The van der Waals surface area contributed by atoms with E-state index in [2.05, 4.69) is 20.4 Å². The molecule has 0 radical (unpaired) electrons. The Balaban J connectivity index is 1.36. The van der Waals surface area contributed by atoms with Crippen LogP contribution in [0, 0.1) is 0 Å². The molecule has 8 nitrogen and oxygen atoms in total. The Kier molecular flexibility index (Phi) is 4.16. The molecule has 3 aromatic rings. The van der Waals surface area contributed by atoms with Crippen molar-refractivity contribution in [1.29, 1.82) is 0 Å². The van der Waals surface area contributed by atoms with Crippen LogP contribution in [0.15, 0.2) is 53.9 Å². The minimum Gasteiger partial charge on any atom is -0.472 e. The van der Waals surface area contributed by atoms with Crippen LogP contribution in [-0.4, -0.2) is 49.7 Å². The molecule has 1 amide bonds. The van der Waals surface area contributed by atoms with E-state index in [0.29, 0.717) is 30.3 Å². The smallest absolute Gasteiger partial charge is 0.257 e. The molecular formula is C17H18N6O2. The molecule has 0 saturated carbocycles. The summed E-state index contributed by atoms with van der Waals surface area (Å²) in [7, 11) is 0. The third kappa shape index (κ3) is 3.37. The Morgan fingerprint density at radius 1 is 1.28 bits per heavy atom. The summed E-state index contributed by atoms with van der Waals surface area (Å²) in [5, 5.41) is 7.57. The van der Waals surface area contributed by atoms with E-state index < -0.39 is 0 Å². The molecule has 8 heteroatoms. The molecule has 1 N–H and O–H groups in total. The van der Waals surface area contributed by atoms with Crippen LogP contribution in [0.5, 0.6) is 0 Å². The number of nitrogens with zero attached hydrogens (tertiary/aromatic N) is 5. The molecule has 4 heterocycles. The van der Waals surface area contributed by atoms with E-state index in [1.807, 2.05) is 17.2 Å². The number of carbonyl (C=O) groups excluding carboxylic acids is 1. The van der Waals surface area contributed by atoms with Gasteiger partial charge in [-0.1, -0.05) is 0 Å². The number of rotatable bonds is 4. The number of likely N-dealkylation sites (tertiary alicyclic amines) is 1. The first-order valence-electron chi connectivity index (χ1n) is 8.20. The lowest BCUT2D eigenvalue weighted by Crippen LogP contribution is -2.42. The number of aromatic nitrogens is 4. The molecule has 0 spiro atoms. The van der Waals surface area contributed by atoms with Crippen molar-refractivity contribution >= 4 is 11.7 Å². The first-order chi connectivity index (χ1) is 12.3. The molecule has 25 heavy (non-hydrogen) atoms. The van der Waals surface area contributed by atoms with Crippen LogP contribution in [0.4, 0.5) is 5.82 Å². The van der Waals surface area contributed by atoms with Gasteiger partial charge in [-0.3, -0.25) is 9.78 Å². The molecular weight excluding hydrogens is 320 g/mol. The van der Waals surface area contributed by atoms with E-state index in [0.717, 1.165) is 12.8 Å². The number of carbonyl (C=O) groups is 1. The minimum atomic E-state index is 0.0210. The van der Waals surface area contributed by atoms with Crippen LogP contribution in [-0.2, 0) is 0 Å². The van der Waals surface area contributed by atoms with Crippen LogP contribution in [0.25, 0.3) is 5.82 Å². The van der Waals surface area contributed by atoms with Crippen molar-refractivity contribution in [2.24, 2.45) is 0 Å². The Morgan fingerprint density at radius 2 is 2.16 bits per heavy atom. The first-order valence-corrected chi connectivity index (χ1v) is 8.20. The monoisotopic (exact) mass is 338 g/mol. The highest BCUT2D eigenvalue weighted by atomic mass is 16.3. The van der Waals surface area contributed by atoms with Crippen molar-refractivity contribution in [1.82, 2.24) is 24.6 Å². The van der Waals surface area contributed by atoms with E-state index in [4.69, 9.17) is 4.42 Å². The summed E-state index contributed by atoms with van der Waals surface area (Å²) in [6.07, 6.45) is 11.6. The van der Waals surface area contributed by atoms with Gasteiger partial charge in [-0.05, 0) is 25.0 Å². The Morgan fingerprint density at radius 3 is 2.88 bits per heavy atom. The fourth-order valence-corrected chi connectivity index (χ4v) is 2.94. The molecule has 3 aromatic heterocycles. The van der Waals surface area contributed by atoms with Gasteiger partial charge in [0.2, 0.25) is 0 Å². The highest BCUT2D eigenvalue weighted by Gasteiger charge is 2.24. The van der Waals surface area contributed by atoms with Crippen LogP contribution in [0.2, 0.25) is 0 Å². The summed E-state index contributed by atoms with van der Waals surface area (Å²) in [6, 6.07) is 3.80. The van der Waals surface area contributed by atoms with E-state index in [1.165, 1.54) is 12.5 Å². The van der Waals surface area contributed by atoms with Crippen molar-refractivity contribution < 1.29 is 9.21 Å². The molecule has 0 bridgehead atoms. The molecule has 1 aliphatic rings. The van der Waals surface area contributed by atoms with Gasteiger partial charge in [-0.25, -0.2) is 9.67 Å². The molecule has 0 atom stereocenters. The van der Waals surface area contributed by atoms with Gasteiger partial charge in [-0.15, -0.1) is 0 Å². The zero-order valence-electron chi connectivity index (χ0n) is 13.6. The van der Waals surface area contributed by atoms with Gasteiger partial charge >= 0.3 is 0 Å². The maximum atomic E-state index is 12.3. The van der Waals surface area contributed by atoms with Crippen molar-refractivity contribution in [3.63, 3.8) is 0 Å². The van der Waals surface area contributed by atoms with Gasteiger partial charge in [0.15, 0.2) is 5.82 Å². The zero-order chi connectivity index (χ0) is 17.1. The Hall–Kier alpha value is -3.16. The molecule has 0 unspecified atom stereocenters. The van der Waals surface area contributed by atoms with E-state index in [9.17, 15) is 4.79 Å². The van der Waals surface area contributed by atoms with E-state index >= 15 is 0 Å². The fourth-order valence-electron chi connectivity index (χ4n) is 2.94. The molecule has 1 saturated heterocycles. The van der Waals surface area contributed by atoms with Gasteiger partial charge < -0.3 is 14.6 Å². The molecule has 1 aliphatic heterocycles. The molecule has 0 aliphatic carbocycles. The first kappa shape index (κ1) is 15.4. The van der Waals surface area contributed by atoms with Gasteiger partial charge in [0.05, 0.1) is 24.2 Å². The predicted molar refractivity (Wildman–Crippen MR) is 90.4 cm³/mol. The van der Waals surface area contributed by atoms with Crippen molar-refractivity contribution in [3.05, 3.63) is 55.0 Å². The van der Waals surface area contributed by atoms with Gasteiger partial charge in [-0.2, -0.15) is 5.10 Å². The molecule has 128 valence electrons. The Labute approximate surface area is 144 Å². The number of hydrogen-bond donors (Lipinski definition) is 1. The van der Waals surface area contributed by atoms with E-state index in [-0.39, 0.29) is 11.9 Å². The normalized spacial score (nSPS) is 15.3. The second-order valence-corrected chi connectivity index (χ2v) is 5.94. The number of amides is 1. The topological polar surface area (TPSA) is 89.1 Å². The summed E-state index contributed by atoms with van der Waals surface area (Å²) in [6.45, 7) is 1.40. The second-order valence-electron chi connectivity index (χ2n) is 5.94. The summed E-state index contributed by atoms with van der Waals surface area (Å²) in [5.41, 5.74) is 0.601. The molecule has 4 rings (SSSR count). The number of nitrogens with one attached hydrogen (secondary N) is 1. The van der Waals surface area contributed by atoms with Gasteiger partial charge in [0.1, 0.15) is 12.1 Å². The van der Waals surface area contributed by atoms with Crippen molar-refractivity contribution in [2.75, 3.05) is 18.4 Å². The lowest BCUT2D eigenvalue weighted by Gasteiger charge is -2.32. The fraction of sp³-hybridized carbons (Fsp3) is 0.294. The largest absolute Gasteiger partial charge is 0.472 e. The summed E-state index contributed by atoms with van der Waals surface area (Å²) < 4.78 is 6.66. The van der Waals surface area contributed by atoms with Crippen molar-refractivity contribution in [3.8, 4) is 5.82 Å². The van der Waals surface area contributed by atoms with Crippen LogP contribution < -0.4 is 5.32 Å². The summed E-state index contributed by atoms with van der Waals surface area (Å²) >= 11 is 0. The standard InChI is InChI=1S/C17H18N6O2/c24-17(13-4-9-25-12-13)22-7-2-14(3-8-22)20-15-10-18-11-16(21-15)23-6-1-5-19-23/h1,4-6,9-12,14H,2-3,7-8H2,(H,20,21). The molecule has 0 aromatic carbocycles. The highest BCUT2D eigenvalue weighted by molar-refractivity contribution is 5.93. The van der Waals surface area contributed by atoms with E-state index in [1.54, 1.807) is 29.3 Å². The molecule has 1 fully saturated rings. The van der Waals surface area contributed by atoms with Gasteiger partial charge in [0, 0.05) is 31.5 Å². The number of piperidine rings is 1. The second kappa shape index (κ2) is 6.76. The predicted octanol–water partition coefficient (Wildman–Crippen LogP) is 1.97. The van der Waals surface area contributed by atoms with Gasteiger partial charge in [0.25, 0.3) is 5.91 Å². The lowest BCUT2D eigenvalue weighted by molar-refractivity contribution is 0.0717. The third-order valence-corrected chi connectivity index (χ3v) is 4.26.